The van der Waals surface area contributed by atoms with E-state index >= 15 is 0 Å². The van der Waals surface area contributed by atoms with Crippen LogP contribution in [0.1, 0.15) is 22.2 Å². The topological polar surface area (TPSA) is 78.3 Å². The van der Waals surface area contributed by atoms with Gasteiger partial charge in [-0.3, -0.25) is 4.79 Å². The molecule has 0 aliphatic heterocycles. The van der Waals surface area contributed by atoms with Crippen LogP contribution < -0.4 is 5.32 Å². The Hall–Kier alpha value is -2.53. The minimum absolute atomic E-state index is 0.104. The normalized spacial score (nSPS) is 12.4. The van der Waals surface area contributed by atoms with Crippen molar-refractivity contribution in [2.45, 2.75) is 6.10 Å². The average Bonchev–Trinajstić information content (AvgIpc) is 3.13. The van der Waals surface area contributed by atoms with Crippen LogP contribution in [0.15, 0.2) is 53.3 Å². The summed E-state index contributed by atoms with van der Waals surface area (Å²) in [6, 6.07) is 10.7. The smallest absolute Gasteiger partial charge is 0.252 e. The van der Waals surface area contributed by atoms with E-state index in [2.05, 4.69) is 10.3 Å². The molecule has 102 valence electrons. The van der Waals surface area contributed by atoms with E-state index < -0.39 is 6.10 Å². The third-order valence-electron chi connectivity index (χ3n) is 3.17. The van der Waals surface area contributed by atoms with Crippen LogP contribution in [0.4, 0.5) is 0 Å². The van der Waals surface area contributed by atoms with E-state index in [0.717, 1.165) is 10.9 Å². The molecule has 1 unspecified atom stereocenters. The van der Waals surface area contributed by atoms with Gasteiger partial charge in [0.1, 0.15) is 11.9 Å². The van der Waals surface area contributed by atoms with E-state index in [1.54, 1.807) is 24.4 Å². The predicted molar refractivity (Wildman–Crippen MR) is 74.3 cm³/mol. The molecule has 1 aromatic carbocycles. The lowest BCUT2D eigenvalue weighted by molar-refractivity contribution is 0.0902. The molecule has 2 heterocycles. The number of furan rings is 1. The molecule has 1 amide bonds. The van der Waals surface area contributed by atoms with Crippen LogP contribution in [0, 0.1) is 0 Å². The molecule has 3 N–H and O–H groups in total. The molecule has 1 atom stereocenters. The number of fused-ring (bicyclic) bond motifs is 1. The van der Waals surface area contributed by atoms with Gasteiger partial charge in [-0.15, -0.1) is 0 Å². The molecule has 0 saturated heterocycles. The van der Waals surface area contributed by atoms with E-state index in [9.17, 15) is 9.90 Å². The second-order valence-electron chi connectivity index (χ2n) is 4.49. The number of aliphatic hydroxyl groups is 1. The molecule has 0 aliphatic carbocycles. The number of benzene rings is 1. The average molecular weight is 270 g/mol. The van der Waals surface area contributed by atoms with Crippen LogP contribution in [0.2, 0.25) is 0 Å². The summed E-state index contributed by atoms with van der Waals surface area (Å²) in [4.78, 5) is 15.2. The number of hydrogen-bond acceptors (Lipinski definition) is 3. The largest absolute Gasteiger partial charge is 0.467 e. The van der Waals surface area contributed by atoms with Gasteiger partial charge in [0.2, 0.25) is 0 Å². The highest BCUT2D eigenvalue weighted by Crippen LogP contribution is 2.17. The number of amides is 1. The summed E-state index contributed by atoms with van der Waals surface area (Å²) in [6.07, 6.45) is 2.43. The van der Waals surface area contributed by atoms with Crippen molar-refractivity contribution in [3.8, 4) is 0 Å². The molecule has 2 aromatic heterocycles. The van der Waals surface area contributed by atoms with Crippen molar-refractivity contribution < 1.29 is 14.3 Å². The Kier molecular flexibility index (Phi) is 3.26. The summed E-state index contributed by atoms with van der Waals surface area (Å²) in [5.41, 5.74) is 1.49. The maximum atomic E-state index is 12.2. The molecule has 5 nitrogen and oxygen atoms in total. The van der Waals surface area contributed by atoms with Crippen LogP contribution in [-0.4, -0.2) is 22.5 Å². The fraction of sp³-hybridized carbons (Fsp3) is 0.133. The first-order chi connectivity index (χ1) is 9.75. The van der Waals surface area contributed by atoms with Crippen molar-refractivity contribution in [1.29, 1.82) is 0 Å². The van der Waals surface area contributed by atoms with E-state index in [0.29, 0.717) is 11.3 Å². The molecule has 3 rings (SSSR count). The molecule has 0 spiro atoms. The van der Waals surface area contributed by atoms with Gasteiger partial charge in [-0.2, -0.15) is 0 Å². The summed E-state index contributed by atoms with van der Waals surface area (Å²) in [5, 5.41) is 13.4. The van der Waals surface area contributed by atoms with E-state index in [1.165, 1.54) is 6.26 Å². The van der Waals surface area contributed by atoms with Gasteiger partial charge in [0.25, 0.3) is 5.91 Å². The first-order valence-electron chi connectivity index (χ1n) is 6.31. The summed E-state index contributed by atoms with van der Waals surface area (Å²) in [7, 11) is 0. The molecule has 3 aromatic rings. The first kappa shape index (κ1) is 12.5. The summed E-state index contributed by atoms with van der Waals surface area (Å²) in [5.74, 6) is 0.214. The summed E-state index contributed by atoms with van der Waals surface area (Å²) < 4.78 is 5.08. The first-order valence-corrected chi connectivity index (χ1v) is 6.31. The maximum Gasteiger partial charge on any atom is 0.252 e. The Bertz CT molecular complexity index is 716. The van der Waals surface area contributed by atoms with Gasteiger partial charge in [0, 0.05) is 22.7 Å². The third-order valence-corrected chi connectivity index (χ3v) is 3.17. The molecule has 0 bridgehead atoms. The standard InChI is InChI=1S/C15H14N2O3/c18-13(14-5-2-8-20-14)9-17-15(19)11-3-1-4-12-10(11)6-7-16-12/h1-8,13,16,18H,9H2,(H,17,19). The minimum atomic E-state index is -0.848. The van der Waals surface area contributed by atoms with Gasteiger partial charge in [-0.05, 0) is 30.3 Å². The Morgan fingerprint density at radius 1 is 1.30 bits per heavy atom. The SMILES string of the molecule is O=C(NCC(O)c1ccco1)c1cccc2[nH]ccc12. The van der Waals surface area contributed by atoms with Crippen molar-refractivity contribution in [3.63, 3.8) is 0 Å². The monoisotopic (exact) mass is 270 g/mol. The maximum absolute atomic E-state index is 12.2. The van der Waals surface area contributed by atoms with Gasteiger partial charge < -0.3 is 19.8 Å². The van der Waals surface area contributed by atoms with Gasteiger partial charge in [0.05, 0.1) is 12.8 Å². The van der Waals surface area contributed by atoms with E-state index in [-0.39, 0.29) is 12.5 Å². The Labute approximate surface area is 115 Å². The molecule has 20 heavy (non-hydrogen) atoms. The van der Waals surface area contributed by atoms with Crippen molar-refractivity contribution in [3.05, 3.63) is 60.2 Å². The molecule has 0 radical (unpaired) electrons. The quantitative estimate of drug-likeness (QED) is 0.680. The van der Waals surface area contributed by atoms with Crippen molar-refractivity contribution in [1.82, 2.24) is 10.3 Å². The van der Waals surface area contributed by atoms with Gasteiger partial charge in [-0.25, -0.2) is 0 Å². The molecular formula is C15H14N2O3. The Balaban J connectivity index is 1.72. The lowest BCUT2D eigenvalue weighted by Crippen LogP contribution is -2.28. The van der Waals surface area contributed by atoms with Crippen molar-refractivity contribution in [2.24, 2.45) is 0 Å². The highest BCUT2D eigenvalue weighted by Gasteiger charge is 2.14. The Morgan fingerprint density at radius 3 is 3.00 bits per heavy atom. The van der Waals surface area contributed by atoms with E-state index in [1.807, 2.05) is 18.2 Å². The zero-order valence-electron chi connectivity index (χ0n) is 10.7. The minimum Gasteiger partial charge on any atom is -0.467 e. The lowest BCUT2D eigenvalue weighted by Gasteiger charge is -2.10. The van der Waals surface area contributed by atoms with Gasteiger partial charge >= 0.3 is 0 Å². The number of carbonyl (C=O) groups excluding carboxylic acids is 1. The lowest BCUT2D eigenvalue weighted by atomic mass is 10.1. The number of nitrogens with one attached hydrogen (secondary N) is 2. The number of carbonyl (C=O) groups is 1. The van der Waals surface area contributed by atoms with Gasteiger partial charge in [-0.1, -0.05) is 6.07 Å². The highest BCUT2D eigenvalue weighted by molar-refractivity contribution is 6.06. The molecule has 0 fully saturated rings. The van der Waals surface area contributed by atoms with Gasteiger partial charge in [0.15, 0.2) is 0 Å². The zero-order valence-corrected chi connectivity index (χ0v) is 10.7. The van der Waals surface area contributed by atoms with Crippen LogP contribution in [0.5, 0.6) is 0 Å². The second-order valence-corrected chi connectivity index (χ2v) is 4.49. The number of aliphatic hydroxyl groups excluding tert-OH is 1. The molecule has 0 saturated carbocycles. The van der Waals surface area contributed by atoms with Crippen LogP contribution >= 0.6 is 0 Å². The fourth-order valence-electron chi connectivity index (χ4n) is 2.15. The summed E-state index contributed by atoms with van der Waals surface area (Å²) in [6.45, 7) is 0.104. The third kappa shape index (κ3) is 2.31. The molecule has 0 aliphatic rings. The van der Waals surface area contributed by atoms with Crippen LogP contribution in [0.25, 0.3) is 10.9 Å². The molecule has 5 heteroatoms. The van der Waals surface area contributed by atoms with Crippen molar-refractivity contribution in [2.75, 3.05) is 6.54 Å². The number of aromatic nitrogens is 1. The number of H-pyrrole nitrogens is 1. The fourth-order valence-corrected chi connectivity index (χ4v) is 2.15. The Morgan fingerprint density at radius 2 is 2.20 bits per heavy atom. The molecular weight excluding hydrogens is 256 g/mol. The van der Waals surface area contributed by atoms with E-state index in [4.69, 9.17) is 4.42 Å². The highest BCUT2D eigenvalue weighted by atomic mass is 16.4. The van der Waals surface area contributed by atoms with Crippen molar-refractivity contribution >= 4 is 16.8 Å². The number of hydrogen-bond donors (Lipinski definition) is 3. The number of rotatable bonds is 4. The number of aromatic amines is 1. The predicted octanol–water partition coefficient (Wildman–Crippen LogP) is 2.22. The zero-order chi connectivity index (χ0) is 13.9. The second kappa shape index (κ2) is 5.22. The van der Waals surface area contributed by atoms with Crippen LogP contribution in [0.3, 0.4) is 0 Å². The summed E-state index contributed by atoms with van der Waals surface area (Å²) >= 11 is 0. The van der Waals surface area contributed by atoms with Crippen LogP contribution in [-0.2, 0) is 0 Å².